The maximum Gasteiger partial charge on any atom is 0.224 e. The summed E-state index contributed by atoms with van der Waals surface area (Å²) < 4.78 is 5.37. The van der Waals surface area contributed by atoms with E-state index in [1.807, 2.05) is 12.1 Å². The monoisotopic (exact) mass is 420 g/mol. The molecule has 0 saturated heterocycles. The van der Waals surface area contributed by atoms with Gasteiger partial charge in [0.1, 0.15) is 5.75 Å². The van der Waals surface area contributed by atoms with Gasteiger partial charge in [0.25, 0.3) is 0 Å². The van der Waals surface area contributed by atoms with E-state index in [4.69, 9.17) is 4.74 Å². The van der Waals surface area contributed by atoms with Gasteiger partial charge < -0.3 is 15.4 Å². The standard InChI is InChI=1S/C26H32N2O3/c1-17(2)6-13-25(30)27-20-10-7-18(8-11-20)24(29)15-23-22-14-21(31-5)12-9-19(22)16-26(3,4)28-23/h7-12,14-15,17,28H,6,13,16H2,1-5H3,(H,27,30). The van der Waals surface area contributed by atoms with Gasteiger partial charge in [-0.2, -0.15) is 0 Å². The normalized spacial score (nSPS) is 15.9. The molecule has 31 heavy (non-hydrogen) atoms. The van der Waals surface area contributed by atoms with Crippen LogP contribution in [0.5, 0.6) is 5.75 Å². The lowest BCUT2D eigenvalue weighted by molar-refractivity contribution is -0.116. The average Bonchev–Trinajstić information content (AvgIpc) is 2.71. The first-order chi connectivity index (χ1) is 14.7. The molecule has 0 fully saturated rings. The topological polar surface area (TPSA) is 67.4 Å². The Bertz CT molecular complexity index is 988. The van der Waals surface area contributed by atoms with E-state index in [9.17, 15) is 9.59 Å². The summed E-state index contributed by atoms with van der Waals surface area (Å²) in [5.41, 5.74) is 4.08. The Morgan fingerprint density at radius 3 is 2.52 bits per heavy atom. The summed E-state index contributed by atoms with van der Waals surface area (Å²) in [5.74, 6) is 1.15. The van der Waals surface area contributed by atoms with Crippen LogP contribution in [0, 0.1) is 5.92 Å². The van der Waals surface area contributed by atoms with E-state index in [-0.39, 0.29) is 17.2 Å². The van der Waals surface area contributed by atoms with Crippen molar-refractivity contribution in [1.82, 2.24) is 5.32 Å². The largest absolute Gasteiger partial charge is 0.497 e. The van der Waals surface area contributed by atoms with E-state index in [0.717, 1.165) is 29.9 Å². The quantitative estimate of drug-likeness (QED) is 0.476. The molecular formula is C26H32N2O3. The highest BCUT2D eigenvalue weighted by Crippen LogP contribution is 2.32. The molecule has 1 aliphatic heterocycles. The summed E-state index contributed by atoms with van der Waals surface area (Å²) in [6.45, 7) is 8.43. The molecule has 5 nitrogen and oxygen atoms in total. The van der Waals surface area contributed by atoms with Crippen LogP contribution in [0.1, 0.15) is 62.0 Å². The number of ketones is 1. The predicted molar refractivity (Wildman–Crippen MR) is 125 cm³/mol. The molecule has 1 heterocycles. The lowest BCUT2D eigenvalue weighted by atomic mass is 9.85. The Hall–Kier alpha value is -3.08. The van der Waals surface area contributed by atoms with Crippen molar-refractivity contribution in [3.05, 3.63) is 65.2 Å². The first kappa shape index (κ1) is 22.6. The Morgan fingerprint density at radius 2 is 1.87 bits per heavy atom. The fourth-order valence-corrected chi connectivity index (χ4v) is 3.73. The van der Waals surface area contributed by atoms with E-state index in [1.54, 1.807) is 37.5 Å². The highest BCUT2D eigenvalue weighted by atomic mass is 16.5. The molecule has 0 unspecified atom stereocenters. The number of amides is 1. The zero-order chi connectivity index (χ0) is 22.6. The summed E-state index contributed by atoms with van der Waals surface area (Å²) in [5, 5.41) is 6.38. The minimum absolute atomic E-state index is 0.00548. The summed E-state index contributed by atoms with van der Waals surface area (Å²) in [6.07, 6.45) is 3.86. The second-order valence-electron chi connectivity index (χ2n) is 9.19. The molecule has 2 aromatic rings. The predicted octanol–water partition coefficient (Wildman–Crippen LogP) is 5.22. The van der Waals surface area contributed by atoms with Gasteiger partial charge >= 0.3 is 0 Å². The highest BCUT2D eigenvalue weighted by Gasteiger charge is 2.28. The molecule has 0 spiro atoms. The maximum absolute atomic E-state index is 13.0. The molecule has 1 amide bonds. The molecule has 1 aliphatic rings. The van der Waals surface area contributed by atoms with Gasteiger partial charge in [0.05, 0.1) is 7.11 Å². The van der Waals surface area contributed by atoms with Crippen LogP contribution in [0.25, 0.3) is 5.70 Å². The van der Waals surface area contributed by atoms with Gasteiger partial charge in [-0.3, -0.25) is 9.59 Å². The summed E-state index contributed by atoms with van der Waals surface area (Å²) >= 11 is 0. The fraction of sp³-hybridized carbons (Fsp3) is 0.385. The second-order valence-corrected chi connectivity index (χ2v) is 9.19. The van der Waals surface area contributed by atoms with Gasteiger partial charge in [-0.05, 0) is 74.6 Å². The number of anilines is 1. The number of carbonyl (C=O) groups is 2. The molecule has 2 aromatic carbocycles. The zero-order valence-electron chi connectivity index (χ0n) is 19.0. The number of methoxy groups -OCH3 is 1. The van der Waals surface area contributed by atoms with Gasteiger partial charge in [0.15, 0.2) is 5.78 Å². The van der Waals surface area contributed by atoms with E-state index >= 15 is 0 Å². The third kappa shape index (κ3) is 5.97. The molecule has 0 radical (unpaired) electrons. The van der Waals surface area contributed by atoms with Crippen LogP contribution < -0.4 is 15.4 Å². The van der Waals surface area contributed by atoms with Gasteiger partial charge in [0.2, 0.25) is 5.91 Å². The van der Waals surface area contributed by atoms with Crippen molar-refractivity contribution in [2.24, 2.45) is 5.92 Å². The molecule has 164 valence electrons. The van der Waals surface area contributed by atoms with Gasteiger partial charge in [0, 0.05) is 40.5 Å². The van der Waals surface area contributed by atoms with Gasteiger partial charge in [-0.1, -0.05) is 19.9 Å². The van der Waals surface area contributed by atoms with Crippen molar-refractivity contribution in [3.63, 3.8) is 0 Å². The lowest BCUT2D eigenvalue weighted by Crippen LogP contribution is -2.43. The smallest absolute Gasteiger partial charge is 0.224 e. The molecule has 0 atom stereocenters. The van der Waals surface area contributed by atoms with E-state index < -0.39 is 0 Å². The SMILES string of the molecule is COc1ccc2c(c1)C(=CC(=O)c1ccc(NC(=O)CCC(C)C)cc1)NC(C)(C)C2. The van der Waals surface area contributed by atoms with Gasteiger partial charge in [-0.15, -0.1) is 0 Å². The number of allylic oxidation sites excluding steroid dienone is 1. The van der Waals surface area contributed by atoms with Crippen LogP contribution in [0.4, 0.5) is 5.69 Å². The summed E-state index contributed by atoms with van der Waals surface area (Å²) in [7, 11) is 1.64. The van der Waals surface area contributed by atoms with E-state index in [1.165, 1.54) is 5.56 Å². The molecule has 0 aliphatic carbocycles. The number of benzene rings is 2. The van der Waals surface area contributed by atoms with Crippen LogP contribution in [0.15, 0.2) is 48.5 Å². The van der Waals surface area contributed by atoms with Crippen molar-refractivity contribution in [2.45, 2.75) is 52.5 Å². The Balaban J connectivity index is 1.78. The number of ether oxygens (including phenoxy) is 1. The van der Waals surface area contributed by atoms with Crippen LogP contribution in [-0.2, 0) is 11.2 Å². The Morgan fingerprint density at radius 1 is 1.16 bits per heavy atom. The first-order valence-electron chi connectivity index (χ1n) is 10.8. The van der Waals surface area contributed by atoms with Crippen LogP contribution in [0.2, 0.25) is 0 Å². The number of carbonyl (C=O) groups excluding carboxylic acids is 2. The summed E-state index contributed by atoms with van der Waals surface area (Å²) in [6, 6.07) is 13.0. The minimum atomic E-state index is -0.155. The second kappa shape index (κ2) is 9.38. The maximum atomic E-state index is 13.0. The third-order valence-electron chi connectivity index (χ3n) is 5.39. The van der Waals surface area contributed by atoms with Crippen LogP contribution >= 0.6 is 0 Å². The molecule has 3 rings (SSSR count). The van der Waals surface area contributed by atoms with Crippen molar-refractivity contribution < 1.29 is 14.3 Å². The lowest BCUT2D eigenvalue weighted by Gasteiger charge is -2.35. The Kier molecular flexibility index (Phi) is 6.84. The van der Waals surface area contributed by atoms with Crippen molar-refractivity contribution in [1.29, 1.82) is 0 Å². The first-order valence-corrected chi connectivity index (χ1v) is 10.8. The molecular weight excluding hydrogens is 388 g/mol. The van der Waals surface area contributed by atoms with Crippen LogP contribution in [-0.4, -0.2) is 24.3 Å². The zero-order valence-corrected chi connectivity index (χ0v) is 19.0. The molecule has 5 heteroatoms. The molecule has 2 N–H and O–H groups in total. The van der Waals surface area contributed by atoms with Crippen LogP contribution in [0.3, 0.4) is 0 Å². The fourth-order valence-electron chi connectivity index (χ4n) is 3.73. The van der Waals surface area contributed by atoms with Gasteiger partial charge in [-0.25, -0.2) is 0 Å². The number of hydrogen-bond donors (Lipinski definition) is 2. The molecule has 0 bridgehead atoms. The van der Waals surface area contributed by atoms with E-state index in [2.05, 4.69) is 44.4 Å². The summed E-state index contributed by atoms with van der Waals surface area (Å²) in [4.78, 5) is 25.0. The number of rotatable bonds is 7. The number of hydrogen-bond acceptors (Lipinski definition) is 4. The third-order valence-corrected chi connectivity index (χ3v) is 5.39. The minimum Gasteiger partial charge on any atom is -0.497 e. The molecule has 0 aromatic heterocycles. The molecule has 0 saturated carbocycles. The average molecular weight is 421 g/mol. The van der Waals surface area contributed by atoms with Crippen molar-refractivity contribution >= 4 is 23.1 Å². The number of fused-ring (bicyclic) bond motifs is 1. The van der Waals surface area contributed by atoms with Crippen molar-refractivity contribution in [3.8, 4) is 5.75 Å². The highest BCUT2D eigenvalue weighted by molar-refractivity contribution is 6.09. The number of nitrogens with one attached hydrogen (secondary N) is 2. The van der Waals surface area contributed by atoms with Crippen molar-refractivity contribution in [2.75, 3.05) is 12.4 Å². The Labute approximate surface area is 184 Å². The van der Waals surface area contributed by atoms with E-state index in [0.29, 0.717) is 23.6 Å².